The van der Waals surface area contributed by atoms with Crippen LogP contribution >= 0.6 is 11.6 Å². The second-order valence-corrected chi connectivity index (χ2v) is 10.3. The number of nitrogens with zero attached hydrogens (tertiary/aromatic N) is 4. The van der Waals surface area contributed by atoms with Gasteiger partial charge in [0.25, 0.3) is 0 Å². The first kappa shape index (κ1) is 23.5. The molecule has 1 unspecified atom stereocenters. The van der Waals surface area contributed by atoms with E-state index in [2.05, 4.69) is 15.6 Å². The van der Waals surface area contributed by atoms with Gasteiger partial charge in [-0.1, -0.05) is 30.2 Å². The Morgan fingerprint density at radius 3 is 2.82 bits per heavy atom. The molecule has 1 N–H and O–H groups in total. The molecular weight excluding hydrogens is 466 g/mol. The Morgan fingerprint density at radius 1 is 1.24 bits per heavy atom. The van der Waals surface area contributed by atoms with Gasteiger partial charge in [-0.05, 0) is 55.7 Å². The molecule has 0 bridgehead atoms. The first-order valence-electron chi connectivity index (χ1n) is 10.8. The summed E-state index contributed by atoms with van der Waals surface area (Å²) in [5.41, 5.74) is 1.68. The van der Waals surface area contributed by atoms with Gasteiger partial charge in [-0.25, -0.2) is 13.1 Å². The van der Waals surface area contributed by atoms with E-state index in [-0.39, 0.29) is 11.4 Å². The number of halogens is 1. The van der Waals surface area contributed by atoms with E-state index in [9.17, 15) is 13.2 Å². The van der Waals surface area contributed by atoms with Crippen molar-refractivity contribution in [3.05, 3.63) is 41.4 Å². The average Bonchev–Trinajstić information content (AvgIpc) is 3.21. The Bertz CT molecular complexity index is 1280. The van der Waals surface area contributed by atoms with E-state index in [0.29, 0.717) is 41.4 Å². The van der Waals surface area contributed by atoms with Crippen molar-refractivity contribution in [2.45, 2.75) is 50.1 Å². The molecule has 1 aliphatic heterocycles. The smallest absolute Gasteiger partial charge is 0.243 e. The number of amides is 1. The number of anilines is 1. The summed E-state index contributed by atoms with van der Waals surface area (Å²) >= 11 is 6.07. The largest absolute Gasteiger partial charge is 0.495 e. The first-order valence-corrected chi connectivity index (χ1v) is 12.7. The topological polar surface area (TPSA) is 106 Å². The molecular formula is C22H26ClN5O4S. The SMILES string of the molecule is CCCn1nnc2cc(S(=O)(=O)N3CCCCC3C(=O)Nc3cc(Cl)ccc3OC)ccc21. The van der Waals surface area contributed by atoms with Crippen molar-refractivity contribution >= 4 is 44.3 Å². The molecule has 33 heavy (non-hydrogen) atoms. The third-order valence-corrected chi connectivity index (χ3v) is 7.84. The average molecular weight is 492 g/mol. The zero-order valence-corrected chi connectivity index (χ0v) is 20.1. The normalized spacial score (nSPS) is 17.2. The van der Waals surface area contributed by atoms with E-state index in [1.54, 1.807) is 35.0 Å². The van der Waals surface area contributed by atoms with Gasteiger partial charge in [0.15, 0.2) is 0 Å². The van der Waals surface area contributed by atoms with Crippen LogP contribution in [-0.4, -0.2) is 53.3 Å². The van der Waals surface area contributed by atoms with Gasteiger partial charge >= 0.3 is 0 Å². The second-order valence-electron chi connectivity index (χ2n) is 7.92. The number of carbonyl (C=O) groups is 1. The number of carbonyl (C=O) groups excluding carboxylic acids is 1. The van der Waals surface area contributed by atoms with Crippen molar-refractivity contribution in [2.75, 3.05) is 19.0 Å². The van der Waals surface area contributed by atoms with E-state index < -0.39 is 22.0 Å². The Morgan fingerprint density at radius 2 is 2.06 bits per heavy atom. The molecule has 1 fully saturated rings. The molecule has 2 aromatic carbocycles. The molecule has 11 heteroatoms. The number of hydrogen-bond acceptors (Lipinski definition) is 6. The summed E-state index contributed by atoms with van der Waals surface area (Å²) in [4.78, 5) is 13.3. The van der Waals surface area contributed by atoms with Crippen LogP contribution in [0.5, 0.6) is 5.75 Å². The number of rotatable bonds is 7. The summed E-state index contributed by atoms with van der Waals surface area (Å²) in [6, 6.07) is 8.82. The van der Waals surface area contributed by atoms with Crippen LogP contribution in [0.2, 0.25) is 5.02 Å². The summed E-state index contributed by atoms with van der Waals surface area (Å²) in [7, 11) is -2.44. The quantitative estimate of drug-likeness (QED) is 0.540. The number of piperidine rings is 1. The van der Waals surface area contributed by atoms with Crippen molar-refractivity contribution in [1.82, 2.24) is 19.3 Å². The fraction of sp³-hybridized carbons (Fsp3) is 0.409. The summed E-state index contributed by atoms with van der Waals surface area (Å²) in [6.45, 7) is 2.99. The van der Waals surface area contributed by atoms with Crippen molar-refractivity contribution in [3.8, 4) is 5.75 Å². The van der Waals surface area contributed by atoms with Gasteiger partial charge in [-0.15, -0.1) is 5.10 Å². The molecule has 1 aromatic heterocycles. The number of nitrogens with one attached hydrogen (secondary N) is 1. The number of ether oxygens (including phenoxy) is 1. The molecule has 2 heterocycles. The lowest BCUT2D eigenvalue weighted by Gasteiger charge is -2.33. The standard InChI is InChI=1S/C22H26ClN5O4S/c1-3-11-27-19-9-8-16(14-17(19)25-26-27)33(30,31)28-12-5-4-6-20(28)22(29)24-18-13-15(23)7-10-21(18)32-2/h7-10,13-14,20H,3-6,11-12H2,1-2H3,(H,24,29). The highest BCUT2D eigenvalue weighted by Crippen LogP contribution is 2.31. The molecule has 4 rings (SSSR count). The highest BCUT2D eigenvalue weighted by molar-refractivity contribution is 7.89. The minimum absolute atomic E-state index is 0.0959. The Balaban J connectivity index is 1.63. The van der Waals surface area contributed by atoms with Crippen LogP contribution < -0.4 is 10.1 Å². The molecule has 0 aliphatic carbocycles. The van der Waals surface area contributed by atoms with E-state index in [0.717, 1.165) is 18.4 Å². The highest BCUT2D eigenvalue weighted by atomic mass is 35.5. The highest BCUT2D eigenvalue weighted by Gasteiger charge is 2.38. The minimum Gasteiger partial charge on any atom is -0.495 e. The predicted octanol–water partition coefficient (Wildman–Crippen LogP) is 3.69. The molecule has 176 valence electrons. The number of hydrogen-bond donors (Lipinski definition) is 1. The number of aromatic nitrogens is 3. The summed E-state index contributed by atoms with van der Waals surface area (Å²) < 4.78 is 35.4. The van der Waals surface area contributed by atoms with Crippen molar-refractivity contribution < 1.29 is 17.9 Å². The van der Waals surface area contributed by atoms with Gasteiger partial charge in [0.1, 0.15) is 17.3 Å². The van der Waals surface area contributed by atoms with Gasteiger partial charge < -0.3 is 10.1 Å². The maximum absolute atomic E-state index is 13.6. The van der Waals surface area contributed by atoms with Crippen LogP contribution in [0.15, 0.2) is 41.3 Å². The lowest BCUT2D eigenvalue weighted by Crippen LogP contribution is -2.49. The molecule has 0 saturated carbocycles. The number of fused-ring (bicyclic) bond motifs is 1. The molecule has 1 aliphatic rings. The van der Waals surface area contributed by atoms with E-state index in [1.165, 1.54) is 17.5 Å². The summed E-state index contributed by atoms with van der Waals surface area (Å²) in [5.74, 6) is 0.0207. The predicted molar refractivity (Wildman–Crippen MR) is 126 cm³/mol. The Kier molecular flexibility index (Phi) is 6.87. The Labute approximate surface area is 197 Å². The van der Waals surface area contributed by atoms with Gasteiger partial charge in [0.2, 0.25) is 15.9 Å². The van der Waals surface area contributed by atoms with Gasteiger partial charge in [-0.2, -0.15) is 4.31 Å². The fourth-order valence-corrected chi connectivity index (χ4v) is 5.92. The second kappa shape index (κ2) is 9.66. The number of sulfonamides is 1. The molecule has 0 spiro atoms. The van der Waals surface area contributed by atoms with E-state index in [4.69, 9.17) is 16.3 Å². The maximum atomic E-state index is 13.6. The molecule has 1 atom stereocenters. The monoisotopic (exact) mass is 491 g/mol. The fourth-order valence-electron chi connectivity index (χ4n) is 4.07. The summed E-state index contributed by atoms with van der Waals surface area (Å²) in [5, 5.41) is 11.5. The molecule has 9 nitrogen and oxygen atoms in total. The lowest BCUT2D eigenvalue weighted by atomic mass is 10.0. The molecule has 1 saturated heterocycles. The van der Waals surface area contributed by atoms with Crippen LogP contribution in [0.4, 0.5) is 5.69 Å². The van der Waals surface area contributed by atoms with Crippen LogP contribution in [0, 0.1) is 0 Å². The lowest BCUT2D eigenvalue weighted by molar-refractivity contribution is -0.120. The minimum atomic E-state index is -3.93. The van der Waals surface area contributed by atoms with E-state index >= 15 is 0 Å². The first-order chi connectivity index (χ1) is 15.8. The van der Waals surface area contributed by atoms with Gasteiger partial charge in [0, 0.05) is 18.1 Å². The molecule has 1 amide bonds. The van der Waals surface area contributed by atoms with Crippen LogP contribution in [0.3, 0.4) is 0 Å². The van der Waals surface area contributed by atoms with Gasteiger partial charge in [-0.3, -0.25) is 4.79 Å². The van der Waals surface area contributed by atoms with E-state index in [1.807, 2.05) is 6.92 Å². The third-order valence-electron chi connectivity index (χ3n) is 5.70. The van der Waals surface area contributed by atoms with Gasteiger partial charge in [0.05, 0.1) is 23.2 Å². The molecule has 0 radical (unpaired) electrons. The van der Waals surface area contributed by atoms with Crippen molar-refractivity contribution in [3.63, 3.8) is 0 Å². The molecule has 3 aromatic rings. The number of methoxy groups -OCH3 is 1. The van der Waals surface area contributed by atoms with Crippen molar-refractivity contribution in [1.29, 1.82) is 0 Å². The third kappa shape index (κ3) is 4.68. The summed E-state index contributed by atoms with van der Waals surface area (Å²) in [6.07, 6.45) is 2.74. The zero-order valence-electron chi connectivity index (χ0n) is 18.5. The maximum Gasteiger partial charge on any atom is 0.243 e. The van der Waals surface area contributed by atoms with Crippen molar-refractivity contribution in [2.24, 2.45) is 0 Å². The van der Waals surface area contributed by atoms with Crippen LogP contribution in [0.1, 0.15) is 32.6 Å². The Hall–Kier alpha value is -2.69. The number of aryl methyl sites for hydroxylation is 1. The number of benzene rings is 2. The zero-order chi connectivity index (χ0) is 23.6. The van der Waals surface area contributed by atoms with Crippen LogP contribution in [0.25, 0.3) is 11.0 Å². The van der Waals surface area contributed by atoms with Crippen LogP contribution in [-0.2, 0) is 21.4 Å².